The van der Waals surface area contributed by atoms with E-state index < -0.39 is 11.4 Å². The van der Waals surface area contributed by atoms with Crippen molar-refractivity contribution in [1.82, 2.24) is 4.98 Å². The van der Waals surface area contributed by atoms with Crippen molar-refractivity contribution in [3.8, 4) is 0 Å². The number of hydrogen-bond donors (Lipinski definition) is 1. The molecule has 0 radical (unpaired) electrons. The van der Waals surface area contributed by atoms with Gasteiger partial charge in [-0.15, -0.1) is 11.3 Å². The second-order valence-corrected chi connectivity index (χ2v) is 5.80. The van der Waals surface area contributed by atoms with Crippen molar-refractivity contribution >= 4 is 17.3 Å². The number of thiazole rings is 1. The molecule has 1 aromatic rings. The van der Waals surface area contributed by atoms with Gasteiger partial charge in [0, 0.05) is 11.3 Å². The van der Waals surface area contributed by atoms with Gasteiger partial charge in [-0.3, -0.25) is 4.79 Å². The number of rotatable bonds is 3. The lowest BCUT2D eigenvalue weighted by atomic mass is 9.69. The van der Waals surface area contributed by atoms with Crippen molar-refractivity contribution in [3.63, 3.8) is 0 Å². The molecular weight excluding hydrogens is 222 g/mol. The van der Waals surface area contributed by atoms with Crippen molar-refractivity contribution in [3.05, 3.63) is 16.1 Å². The Kier molecular flexibility index (Phi) is 2.28. The molecule has 0 amide bonds. The average Bonchev–Trinajstić information content (AvgIpc) is 2.47. The monoisotopic (exact) mass is 237 g/mol. The predicted molar refractivity (Wildman–Crippen MR) is 61.9 cm³/mol. The third-order valence-corrected chi connectivity index (χ3v) is 5.14. The average molecular weight is 237 g/mol. The van der Waals surface area contributed by atoms with E-state index in [9.17, 15) is 9.90 Å². The quantitative estimate of drug-likeness (QED) is 0.879. The summed E-state index contributed by atoms with van der Waals surface area (Å²) in [6.45, 7) is 0. The molecule has 0 aliphatic heterocycles. The van der Waals surface area contributed by atoms with Crippen LogP contribution in [-0.2, 0) is 10.2 Å². The molecule has 0 spiro atoms. The highest BCUT2D eigenvalue weighted by Gasteiger charge is 2.48. The summed E-state index contributed by atoms with van der Waals surface area (Å²) < 4.78 is 0. The molecule has 0 bridgehead atoms. The molecule has 3 rings (SSSR count). The number of carboxylic acids is 1. The zero-order chi connectivity index (χ0) is 11.2. The normalized spacial score (nSPS) is 23.5. The maximum absolute atomic E-state index is 11.3. The van der Waals surface area contributed by atoms with E-state index in [-0.39, 0.29) is 0 Å². The second-order valence-electron chi connectivity index (χ2n) is 4.95. The minimum atomic E-state index is -0.687. The standard InChI is InChI=1S/C12H15NO2S/c14-11(15)12(5-2-6-12)10-13-9(7-16-10)8-3-1-4-8/h7-8H,1-6H2,(H,14,15). The molecule has 4 heteroatoms. The van der Waals surface area contributed by atoms with Gasteiger partial charge in [0.15, 0.2) is 0 Å². The van der Waals surface area contributed by atoms with Crippen molar-refractivity contribution in [2.24, 2.45) is 0 Å². The number of nitrogens with zero attached hydrogens (tertiary/aromatic N) is 1. The Balaban J connectivity index is 1.88. The van der Waals surface area contributed by atoms with Gasteiger partial charge in [-0.2, -0.15) is 0 Å². The fourth-order valence-corrected chi connectivity index (χ4v) is 3.60. The lowest BCUT2D eigenvalue weighted by Gasteiger charge is -2.35. The highest BCUT2D eigenvalue weighted by atomic mass is 32.1. The van der Waals surface area contributed by atoms with E-state index in [1.807, 2.05) is 0 Å². The summed E-state index contributed by atoms with van der Waals surface area (Å²) in [6, 6.07) is 0. The van der Waals surface area contributed by atoms with Gasteiger partial charge in [-0.1, -0.05) is 12.8 Å². The van der Waals surface area contributed by atoms with Crippen LogP contribution in [0, 0.1) is 0 Å². The molecule has 1 aromatic heterocycles. The van der Waals surface area contributed by atoms with E-state index in [2.05, 4.69) is 10.4 Å². The van der Waals surface area contributed by atoms with Crippen LogP contribution >= 0.6 is 11.3 Å². The van der Waals surface area contributed by atoms with E-state index in [1.165, 1.54) is 19.3 Å². The van der Waals surface area contributed by atoms with Crippen LogP contribution in [0.2, 0.25) is 0 Å². The van der Waals surface area contributed by atoms with Crippen molar-refractivity contribution in [2.75, 3.05) is 0 Å². The van der Waals surface area contributed by atoms with Crippen LogP contribution < -0.4 is 0 Å². The topological polar surface area (TPSA) is 50.2 Å². The van der Waals surface area contributed by atoms with Crippen LogP contribution in [0.3, 0.4) is 0 Å². The minimum Gasteiger partial charge on any atom is -0.481 e. The molecule has 2 aliphatic rings. The predicted octanol–water partition coefficient (Wildman–Crippen LogP) is 2.92. The van der Waals surface area contributed by atoms with Gasteiger partial charge < -0.3 is 5.11 Å². The van der Waals surface area contributed by atoms with Gasteiger partial charge in [-0.25, -0.2) is 4.98 Å². The van der Waals surface area contributed by atoms with Gasteiger partial charge in [-0.05, 0) is 25.7 Å². The smallest absolute Gasteiger partial charge is 0.316 e. The molecule has 16 heavy (non-hydrogen) atoms. The van der Waals surface area contributed by atoms with Gasteiger partial charge in [0.2, 0.25) is 0 Å². The Morgan fingerprint density at radius 1 is 1.44 bits per heavy atom. The Labute approximate surface area is 98.5 Å². The summed E-state index contributed by atoms with van der Waals surface area (Å²) in [7, 11) is 0. The maximum Gasteiger partial charge on any atom is 0.316 e. The summed E-state index contributed by atoms with van der Waals surface area (Å²) in [5.41, 5.74) is 0.505. The van der Waals surface area contributed by atoms with Gasteiger partial charge in [0.25, 0.3) is 0 Å². The Morgan fingerprint density at radius 3 is 2.62 bits per heavy atom. The number of carboxylic acid groups (broad SMARTS) is 1. The second kappa shape index (κ2) is 3.55. The maximum atomic E-state index is 11.3. The number of aliphatic carboxylic acids is 1. The molecule has 0 aromatic carbocycles. The summed E-state index contributed by atoms with van der Waals surface area (Å²) >= 11 is 1.55. The molecule has 2 fully saturated rings. The molecular formula is C12H15NO2S. The van der Waals surface area contributed by atoms with Crippen LogP contribution in [-0.4, -0.2) is 16.1 Å². The van der Waals surface area contributed by atoms with Crippen molar-refractivity contribution in [2.45, 2.75) is 49.9 Å². The molecule has 0 atom stereocenters. The fourth-order valence-electron chi connectivity index (χ4n) is 2.45. The van der Waals surface area contributed by atoms with Gasteiger partial charge >= 0.3 is 5.97 Å². The highest BCUT2D eigenvalue weighted by Crippen LogP contribution is 2.46. The first-order valence-corrected chi connectivity index (χ1v) is 6.80. The molecule has 0 saturated heterocycles. The van der Waals surface area contributed by atoms with E-state index >= 15 is 0 Å². The number of carbonyl (C=O) groups is 1. The zero-order valence-electron chi connectivity index (χ0n) is 9.11. The summed E-state index contributed by atoms with van der Waals surface area (Å²) in [4.78, 5) is 15.9. The lowest BCUT2D eigenvalue weighted by molar-refractivity contribution is -0.147. The van der Waals surface area contributed by atoms with E-state index in [4.69, 9.17) is 0 Å². The molecule has 2 saturated carbocycles. The summed E-state index contributed by atoms with van der Waals surface area (Å²) in [5, 5.41) is 12.2. The molecule has 2 aliphatic carbocycles. The van der Waals surface area contributed by atoms with Crippen molar-refractivity contribution in [1.29, 1.82) is 0 Å². The number of hydrogen-bond acceptors (Lipinski definition) is 3. The third-order valence-electron chi connectivity index (χ3n) is 4.07. The third kappa shape index (κ3) is 1.32. The van der Waals surface area contributed by atoms with Crippen molar-refractivity contribution < 1.29 is 9.90 Å². The van der Waals surface area contributed by atoms with E-state index in [1.54, 1.807) is 11.3 Å². The van der Waals surface area contributed by atoms with Crippen LogP contribution in [0.25, 0.3) is 0 Å². The Bertz CT molecular complexity index is 418. The SMILES string of the molecule is O=C(O)C1(c2nc(C3CCC3)cs2)CCC1. The molecule has 0 unspecified atom stereocenters. The van der Waals surface area contributed by atoms with Crippen LogP contribution in [0.1, 0.15) is 55.1 Å². The zero-order valence-corrected chi connectivity index (χ0v) is 9.92. The van der Waals surface area contributed by atoms with E-state index in [0.29, 0.717) is 5.92 Å². The fraction of sp³-hybridized carbons (Fsp3) is 0.667. The van der Waals surface area contributed by atoms with Crippen LogP contribution in [0.4, 0.5) is 0 Å². The molecule has 3 nitrogen and oxygen atoms in total. The first-order chi connectivity index (χ1) is 7.72. The van der Waals surface area contributed by atoms with Crippen LogP contribution in [0.5, 0.6) is 0 Å². The summed E-state index contributed by atoms with van der Waals surface area (Å²) in [5.74, 6) is -0.0795. The Hall–Kier alpha value is -0.900. The first kappa shape index (κ1) is 10.3. The van der Waals surface area contributed by atoms with E-state index in [0.717, 1.165) is 30.0 Å². The van der Waals surface area contributed by atoms with Crippen LogP contribution in [0.15, 0.2) is 5.38 Å². The Morgan fingerprint density at radius 2 is 2.19 bits per heavy atom. The number of aromatic nitrogens is 1. The van der Waals surface area contributed by atoms with Gasteiger partial charge in [0.05, 0.1) is 5.69 Å². The minimum absolute atomic E-state index is 0.607. The largest absolute Gasteiger partial charge is 0.481 e. The lowest BCUT2D eigenvalue weighted by Crippen LogP contribution is -2.42. The summed E-state index contributed by atoms with van der Waals surface area (Å²) in [6.07, 6.45) is 6.29. The molecule has 1 heterocycles. The molecule has 1 N–H and O–H groups in total. The molecule has 86 valence electrons. The van der Waals surface area contributed by atoms with Gasteiger partial charge in [0.1, 0.15) is 10.4 Å². The first-order valence-electron chi connectivity index (χ1n) is 5.92. The highest BCUT2D eigenvalue weighted by molar-refractivity contribution is 7.10.